The summed E-state index contributed by atoms with van der Waals surface area (Å²) in [6.07, 6.45) is 0. The van der Waals surface area contributed by atoms with Gasteiger partial charge in [-0.1, -0.05) is 0 Å². The molecule has 1 aromatic heterocycles. The third-order valence-electron chi connectivity index (χ3n) is 1.20. The molecule has 4 nitrogen and oxygen atoms in total. The molecule has 0 spiro atoms. The van der Waals surface area contributed by atoms with Gasteiger partial charge < -0.3 is 10.5 Å². The average molecular weight is 170 g/mol. The number of anilines is 1. The van der Waals surface area contributed by atoms with Crippen LogP contribution in [0.4, 0.5) is 10.2 Å². The molecule has 1 aromatic rings. The van der Waals surface area contributed by atoms with Crippen LogP contribution in [-0.2, 0) is 4.74 Å². The van der Waals surface area contributed by atoms with Crippen LogP contribution in [0, 0.1) is 5.82 Å². The number of hydrogen-bond acceptors (Lipinski definition) is 4. The Labute approximate surface area is 68.2 Å². The molecule has 0 aromatic carbocycles. The van der Waals surface area contributed by atoms with Crippen LogP contribution in [0.5, 0.6) is 0 Å². The van der Waals surface area contributed by atoms with Crippen molar-refractivity contribution < 1.29 is 13.9 Å². The molecule has 0 saturated carbocycles. The second-order valence-electron chi connectivity index (χ2n) is 2.09. The van der Waals surface area contributed by atoms with Crippen LogP contribution in [0.3, 0.4) is 0 Å². The molecule has 12 heavy (non-hydrogen) atoms. The number of nitrogen functional groups attached to an aromatic ring is 1. The number of rotatable bonds is 1. The second kappa shape index (κ2) is 3.17. The van der Waals surface area contributed by atoms with Gasteiger partial charge in [-0.15, -0.1) is 0 Å². The molecule has 0 fully saturated rings. The Morgan fingerprint density at radius 3 is 2.83 bits per heavy atom. The molecule has 0 aliphatic rings. The molecule has 1 heterocycles. The van der Waals surface area contributed by atoms with E-state index in [0.717, 1.165) is 12.1 Å². The van der Waals surface area contributed by atoms with E-state index in [1.54, 1.807) is 0 Å². The van der Waals surface area contributed by atoms with E-state index >= 15 is 0 Å². The smallest absolute Gasteiger partial charge is 0.356 e. The van der Waals surface area contributed by atoms with Crippen molar-refractivity contribution >= 4 is 11.8 Å². The number of methoxy groups -OCH3 is 1. The maximum absolute atomic E-state index is 12.6. The molecule has 0 unspecified atom stereocenters. The molecule has 2 N–H and O–H groups in total. The van der Waals surface area contributed by atoms with Crippen LogP contribution in [-0.4, -0.2) is 18.1 Å². The first-order valence-corrected chi connectivity index (χ1v) is 3.15. The number of ether oxygens (including phenoxy) is 1. The molecular formula is C7H7FN2O2. The summed E-state index contributed by atoms with van der Waals surface area (Å²) >= 11 is 0. The first-order valence-electron chi connectivity index (χ1n) is 3.15. The number of nitrogens with zero attached hydrogens (tertiary/aromatic N) is 1. The largest absolute Gasteiger partial charge is 0.464 e. The molecule has 0 atom stereocenters. The van der Waals surface area contributed by atoms with Crippen LogP contribution in [0.1, 0.15) is 10.5 Å². The Balaban J connectivity index is 3.08. The minimum Gasteiger partial charge on any atom is -0.464 e. The molecule has 0 bridgehead atoms. The Bertz CT molecular complexity index is 294. The van der Waals surface area contributed by atoms with E-state index in [4.69, 9.17) is 5.73 Å². The van der Waals surface area contributed by atoms with Crippen molar-refractivity contribution in [2.45, 2.75) is 0 Å². The zero-order valence-electron chi connectivity index (χ0n) is 6.37. The van der Waals surface area contributed by atoms with Crippen LogP contribution in [0.15, 0.2) is 12.1 Å². The highest BCUT2D eigenvalue weighted by Crippen LogP contribution is 2.06. The molecule has 0 saturated heterocycles. The third-order valence-corrected chi connectivity index (χ3v) is 1.20. The number of esters is 1. The summed E-state index contributed by atoms with van der Waals surface area (Å²) in [6.45, 7) is 0. The minimum absolute atomic E-state index is 0.0459. The molecule has 0 aliphatic carbocycles. The predicted octanol–water partition coefficient (Wildman–Crippen LogP) is 0.590. The Morgan fingerprint density at radius 1 is 1.67 bits per heavy atom. The van der Waals surface area contributed by atoms with E-state index in [-0.39, 0.29) is 11.5 Å². The number of aromatic nitrogens is 1. The number of carbonyl (C=O) groups excluding carboxylic acids is 1. The van der Waals surface area contributed by atoms with E-state index in [0.29, 0.717) is 0 Å². The number of carbonyl (C=O) groups is 1. The zero-order valence-corrected chi connectivity index (χ0v) is 6.37. The van der Waals surface area contributed by atoms with Gasteiger partial charge in [-0.25, -0.2) is 14.2 Å². The highest BCUT2D eigenvalue weighted by molar-refractivity contribution is 5.87. The summed E-state index contributed by atoms with van der Waals surface area (Å²) in [5.74, 6) is -1.36. The fourth-order valence-electron chi connectivity index (χ4n) is 0.726. The summed E-state index contributed by atoms with van der Waals surface area (Å²) in [4.78, 5) is 14.4. The highest BCUT2D eigenvalue weighted by atomic mass is 19.1. The first kappa shape index (κ1) is 8.45. The van der Waals surface area contributed by atoms with Gasteiger partial charge in [0.05, 0.1) is 7.11 Å². The monoisotopic (exact) mass is 170 g/mol. The number of halogens is 1. The summed E-state index contributed by atoms with van der Waals surface area (Å²) < 4.78 is 16.9. The van der Waals surface area contributed by atoms with Gasteiger partial charge in [0.2, 0.25) is 0 Å². The van der Waals surface area contributed by atoms with Crippen molar-refractivity contribution in [2.24, 2.45) is 0 Å². The Hall–Kier alpha value is -1.65. The first-order chi connectivity index (χ1) is 5.63. The second-order valence-corrected chi connectivity index (χ2v) is 2.09. The molecule has 64 valence electrons. The van der Waals surface area contributed by atoms with Gasteiger partial charge in [0, 0.05) is 12.1 Å². The van der Waals surface area contributed by atoms with Gasteiger partial charge in [0.1, 0.15) is 11.6 Å². The number of nitrogens with two attached hydrogens (primary N) is 1. The maximum atomic E-state index is 12.6. The van der Waals surface area contributed by atoms with Crippen molar-refractivity contribution in [1.82, 2.24) is 4.98 Å². The third kappa shape index (κ3) is 1.69. The number of hydrogen-bond donors (Lipinski definition) is 1. The standard InChI is InChI=1S/C7H7FN2O2/c1-12-7(11)5-2-4(8)3-6(9)10-5/h2-3H,1H3,(H2,9,10). The van der Waals surface area contributed by atoms with E-state index in [9.17, 15) is 9.18 Å². The molecule has 0 amide bonds. The van der Waals surface area contributed by atoms with Crippen molar-refractivity contribution in [3.05, 3.63) is 23.6 Å². The van der Waals surface area contributed by atoms with Gasteiger partial charge in [-0.05, 0) is 0 Å². The summed E-state index contributed by atoms with van der Waals surface area (Å²) in [5.41, 5.74) is 5.06. The van der Waals surface area contributed by atoms with Crippen LogP contribution >= 0.6 is 0 Å². The quantitative estimate of drug-likeness (QED) is 0.626. The fourth-order valence-corrected chi connectivity index (χ4v) is 0.726. The lowest BCUT2D eigenvalue weighted by Crippen LogP contribution is -2.06. The fraction of sp³-hybridized carbons (Fsp3) is 0.143. The van der Waals surface area contributed by atoms with Gasteiger partial charge in [-0.2, -0.15) is 0 Å². The summed E-state index contributed by atoms with van der Waals surface area (Å²) in [5, 5.41) is 0. The lowest BCUT2D eigenvalue weighted by Gasteiger charge is -1.99. The summed E-state index contributed by atoms with van der Waals surface area (Å²) in [7, 11) is 1.19. The van der Waals surface area contributed by atoms with Gasteiger partial charge in [0.25, 0.3) is 0 Å². The van der Waals surface area contributed by atoms with Crippen molar-refractivity contribution in [3.63, 3.8) is 0 Å². The van der Waals surface area contributed by atoms with Crippen LogP contribution in [0.25, 0.3) is 0 Å². The molecule has 0 radical (unpaired) electrons. The average Bonchev–Trinajstić information content (AvgIpc) is 2.01. The lowest BCUT2D eigenvalue weighted by molar-refractivity contribution is 0.0593. The molecule has 0 aliphatic heterocycles. The van der Waals surface area contributed by atoms with Crippen molar-refractivity contribution in [2.75, 3.05) is 12.8 Å². The molecule has 1 rings (SSSR count). The van der Waals surface area contributed by atoms with Gasteiger partial charge >= 0.3 is 5.97 Å². The zero-order chi connectivity index (χ0) is 9.14. The Morgan fingerprint density at radius 2 is 2.33 bits per heavy atom. The highest BCUT2D eigenvalue weighted by Gasteiger charge is 2.08. The normalized spacial score (nSPS) is 9.50. The van der Waals surface area contributed by atoms with Crippen LogP contribution < -0.4 is 5.73 Å². The van der Waals surface area contributed by atoms with Crippen molar-refractivity contribution in [1.29, 1.82) is 0 Å². The SMILES string of the molecule is COC(=O)c1cc(F)cc(N)n1. The van der Waals surface area contributed by atoms with Crippen molar-refractivity contribution in [3.8, 4) is 0 Å². The van der Waals surface area contributed by atoms with E-state index < -0.39 is 11.8 Å². The van der Waals surface area contributed by atoms with E-state index in [1.807, 2.05) is 0 Å². The van der Waals surface area contributed by atoms with Gasteiger partial charge in [0.15, 0.2) is 5.69 Å². The summed E-state index contributed by atoms with van der Waals surface area (Å²) in [6, 6.07) is 1.98. The number of pyridine rings is 1. The lowest BCUT2D eigenvalue weighted by atomic mass is 10.3. The predicted molar refractivity (Wildman–Crippen MR) is 39.9 cm³/mol. The Kier molecular flexibility index (Phi) is 2.23. The minimum atomic E-state index is -0.707. The van der Waals surface area contributed by atoms with Gasteiger partial charge in [-0.3, -0.25) is 0 Å². The maximum Gasteiger partial charge on any atom is 0.356 e. The van der Waals surface area contributed by atoms with Crippen LogP contribution in [0.2, 0.25) is 0 Å². The van der Waals surface area contributed by atoms with E-state index in [1.165, 1.54) is 7.11 Å². The molecular weight excluding hydrogens is 163 g/mol. The van der Waals surface area contributed by atoms with E-state index in [2.05, 4.69) is 9.72 Å². The topological polar surface area (TPSA) is 65.2 Å². The molecule has 5 heteroatoms.